The Kier molecular flexibility index (Phi) is 3.42. The maximum atomic E-state index is 12.1. The molecule has 2 aromatic carbocycles. The highest BCUT2D eigenvalue weighted by Crippen LogP contribution is 2.21. The second-order valence-electron chi connectivity index (χ2n) is 4.55. The van der Waals surface area contributed by atoms with Gasteiger partial charge in [0.15, 0.2) is 0 Å². The van der Waals surface area contributed by atoms with Gasteiger partial charge in [-0.3, -0.25) is 4.79 Å². The molecule has 0 aliphatic heterocycles. The first-order valence-electron chi connectivity index (χ1n) is 5.94. The lowest BCUT2D eigenvalue weighted by Crippen LogP contribution is -2.12. The highest BCUT2D eigenvalue weighted by Gasteiger charge is 2.11. The summed E-state index contributed by atoms with van der Waals surface area (Å²) in [5, 5.41) is 12.4. The maximum absolute atomic E-state index is 12.1. The zero-order chi connectivity index (χ0) is 14.0. The highest BCUT2D eigenvalue weighted by atomic mass is 16.3. The van der Waals surface area contributed by atoms with E-state index in [1.54, 1.807) is 24.3 Å². The molecule has 0 fully saturated rings. The van der Waals surface area contributed by atoms with Gasteiger partial charge in [0.05, 0.1) is 5.56 Å². The van der Waals surface area contributed by atoms with E-state index in [1.807, 2.05) is 19.9 Å². The molecule has 0 aliphatic carbocycles. The fourth-order valence-corrected chi connectivity index (χ4v) is 1.75. The van der Waals surface area contributed by atoms with E-state index in [1.165, 1.54) is 6.07 Å². The van der Waals surface area contributed by atoms with Gasteiger partial charge in [0.1, 0.15) is 5.75 Å². The van der Waals surface area contributed by atoms with Crippen LogP contribution in [-0.4, -0.2) is 11.0 Å². The number of amides is 1. The predicted octanol–water partition coefficient (Wildman–Crippen LogP) is 2.84. The fourth-order valence-electron chi connectivity index (χ4n) is 1.75. The van der Waals surface area contributed by atoms with Crippen LogP contribution in [0.15, 0.2) is 36.4 Å². The van der Waals surface area contributed by atoms with Crippen molar-refractivity contribution < 1.29 is 9.90 Å². The van der Waals surface area contributed by atoms with Crippen molar-refractivity contribution in [2.24, 2.45) is 0 Å². The fraction of sp³-hybridized carbons (Fsp3) is 0.133. The molecule has 4 N–H and O–H groups in total. The molecular formula is C15H16N2O2. The summed E-state index contributed by atoms with van der Waals surface area (Å²) in [5.74, 6) is -0.396. The molecule has 4 heteroatoms. The SMILES string of the molecule is Cc1ccc(O)c(C(=O)Nc2ccc(C)c(N)c2)c1. The first-order valence-corrected chi connectivity index (χ1v) is 5.94. The van der Waals surface area contributed by atoms with Gasteiger partial charge in [-0.05, 0) is 43.7 Å². The molecule has 19 heavy (non-hydrogen) atoms. The molecule has 0 unspecified atom stereocenters. The van der Waals surface area contributed by atoms with Crippen molar-refractivity contribution in [3.63, 3.8) is 0 Å². The maximum Gasteiger partial charge on any atom is 0.259 e. The topological polar surface area (TPSA) is 75.3 Å². The van der Waals surface area contributed by atoms with Gasteiger partial charge in [-0.1, -0.05) is 17.7 Å². The molecule has 4 nitrogen and oxygen atoms in total. The molecule has 0 saturated carbocycles. The van der Waals surface area contributed by atoms with E-state index in [4.69, 9.17) is 5.73 Å². The number of aromatic hydroxyl groups is 1. The van der Waals surface area contributed by atoms with Gasteiger partial charge < -0.3 is 16.2 Å². The lowest BCUT2D eigenvalue weighted by molar-refractivity contribution is 0.102. The number of hydrogen-bond donors (Lipinski definition) is 3. The molecule has 1 amide bonds. The smallest absolute Gasteiger partial charge is 0.259 e. The molecule has 2 rings (SSSR count). The van der Waals surface area contributed by atoms with Crippen molar-refractivity contribution in [3.8, 4) is 5.75 Å². The van der Waals surface area contributed by atoms with Crippen molar-refractivity contribution in [1.82, 2.24) is 0 Å². The highest BCUT2D eigenvalue weighted by molar-refractivity contribution is 6.06. The van der Waals surface area contributed by atoms with Gasteiger partial charge in [-0.2, -0.15) is 0 Å². The number of benzene rings is 2. The summed E-state index contributed by atoms with van der Waals surface area (Å²) < 4.78 is 0. The van der Waals surface area contributed by atoms with Gasteiger partial charge in [-0.15, -0.1) is 0 Å². The largest absolute Gasteiger partial charge is 0.507 e. The van der Waals surface area contributed by atoms with Crippen LogP contribution in [0.1, 0.15) is 21.5 Å². The van der Waals surface area contributed by atoms with Gasteiger partial charge in [-0.25, -0.2) is 0 Å². The molecule has 0 spiro atoms. The molecule has 0 aliphatic rings. The van der Waals surface area contributed by atoms with Crippen molar-refractivity contribution in [2.75, 3.05) is 11.1 Å². The first kappa shape index (κ1) is 13.0. The normalized spacial score (nSPS) is 10.2. The van der Waals surface area contributed by atoms with E-state index in [2.05, 4.69) is 5.32 Å². The molecule has 0 aromatic heterocycles. The summed E-state index contributed by atoms with van der Waals surface area (Å²) in [5.41, 5.74) is 9.12. The monoisotopic (exact) mass is 256 g/mol. The number of anilines is 2. The Morgan fingerprint density at radius 3 is 2.58 bits per heavy atom. The Bertz CT molecular complexity index is 636. The molecule has 0 radical (unpaired) electrons. The van der Waals surface area contributed by atoms with Crippen LogP contribution in [0.2, 0.25) is 0 Å². The lowest BCUT2D eigenvalue weighted by atomic mass is 10.1. The number of carbonyl (C=O) groups excluding carboxylic acids is 1. The summed E-state index contributed by atoms with van der Waals surface area (Å²) in [6, 6.07) is 10.2. The molecule has 98 valence electrons. The van der Waals surface area contributed by atoms with E-state index in [9.17, 15) is 9.90 Å². The van der Waals surface area contributed by atoms with Gasteiger partial charge in [0.25, 0.3) is 5.91 Å². The van der Waals surface area contributed by atoms with Crippen molar-refractivity contribution in [1.29, 1.82) is 0 Å². The van der Waals surface area contributed by atoms with Crippen molar-refractivity contribution >= 4 is 17.3 Å². The van der Waals surface area contributed by atoms with Crippen LogP contribution < -0.4 is 11.1 Å². The third kappa shape index (κ3) is 2.85. The summed E-state index contributed by atoms with van der Waals surface area (Å²) in [4.78, 5) is 12.1. The van der Waals surface area contributed by atoms with Gasteiger partial charge >= 0.3 is 0 Å². The molecule has 0 bridgehead atoms. The number of rotatable bonds is 2. The van der Waals surface area contributed by atoms with Crippen LogP contribution in [0.25, 0.3) is 0 Å². The zero-order valence-electron chi connectivity index (χ0n) is 10.9. The van der Waals surface area contributed by atoms with Crippen LogP contribution in [0.5, 0.6) is 5.75 Å². The molecule has 2 aromatic rings. The van der Waals surface area contributed by atoms with E-state index < -0.39 is 0 Å². The minimum atomic E-state index is -0.357. The first-order chi connectivity index (χ1) is 8.97. The van der Waals surface area contributed by atoms with E-state index in [0.717, 1.165) is 11.1 Å². The van der Waals surface area contributed by atoms with Crippen LogP contribution in [0.4, 0.5) is 11.4 Å². The summed E-state index contributed by atoms with van der Waals surface area (Å²) >= 11 is 0. The van der Waals surface area contributed by atoms with Crippen LogP contribution >= 0.6 is 0 Å². The molecule has 0 saturated heterocycles. The Balaban J connectivity index is 2.25. The second kappa shape index (κ2) is 5.02. The average molecular weight is 256 g/mol. The minimum Gasteiger partial charge on any atom is -0.507 e. The molecular weight excluding hydrogens is 240 g/mol. The van der Waals surface area contributed by atoms with Crippen LogP contribution in [-0.2, 0) is 0 Å². The van der Waals surface area contributed by atoms with E-state index in [-0.39, 0.29) is 17.2 Å². The Hall–Kier alpha value is -2.49. The number of nitrogens with two attached hydrogens (primary N) is 1. The van der Waals surface area contributed by atoms with Crippen LogP contribution in [0, 0.1) is 13.8 Å². The molecule has 0 heterocycles. The molecule has 0 atom stereocenters. The quantitative estimate of drug-likeness (QED) is 0.723. The van der Waals surface area contributed by atoms with E-state index in [0.29, 0.717) is 11.4 Å². The Morgan fingerprint density at radius 2 is 1.89 bits per heavy atom. The number of aryl methyl sites for hydroxylation is 2. The zero-order valence-corrected chi connectivity index (χ0v) is 10.9. The second-order valence-corrected chi connectivity index (χ2v) is 4.55. The number of nitrogens with one attached hydrogen (secondary N) is 1. The van der Waals surface area contributed by atoms with Crippen molar-refractivity contribution in [2.45, 2.75) is 13.8 Å². The summed E-state index contributed by atoms with van der Waals surface area (Å²) in [7, 11) is 0. The number of hydrogen-bond acceptors (Lipinski definition) is 3. The van der Waals surface area contributed by atoms with Gasteiger partial charge in [0, 0.05) is 11.4 Å². The van der Waals surface area contributed by atoms with Gasteiger partial charge in [0.2, 0.25) is 0 Å². The number of nitrogen functional groups attached to an aromatic ring is 1. The Labute approximate surface area is 111 Å². The third-order valence-corrected chi connectivity index (χ3v) is 2.93. The minimum absolute atomic E-state index is 0.0387. The lowest BCUT2D eigenvalue weighted by Gasteiger charge is -2.09. The number of phenols is 1. The summed E-state index contributed by atoms with van der Waals surface area (Å²) in [6.45, 7) is 3.76. The van der Waals surface area contributed by atoms with Crippen molar-refractivity contribution in [3.05, 3.63) is 53.1 Å². The Morgan fingerprint density at radius 1 is 1.16 bits per heavy atom. The number of phenolic OH excluding ortho intramolecular Hbond substituents is 1. The standard InChI is InChI=1S/C15H16N2O2/c1-9-3-6-14(18)12(7-9)15(19)17-11-5-4-10(2)13(16)8-11/h3-8,18H,16H2,1-2H3,(H,17,19). The van der Waals surface area contributed by atoms with Crippen LogP contribution in [0.3, 0.4) is 0 Å². The average Bonchev–Trinajstić information content (AvgIpc) is 2.36. The summed E-state index contributed by atoms with van der Waals surface area (Å²) in [6.07, 6.45) is 0. The number of carbonyl (C=O) groups is 1. The third-order valence-electron chi connectivity index (χ3n) is 2.93. The van der Waals surface area contributed by atoms with E-state index >= 15 is 0 Å². The predicted molar refractivity (Wildman–Crippen MR) is 76.4 cm³/mol.